The van der Waals surface area contributed by atoms with E-state index in [9.17, 15) is 4.79 Å². The molecule has 1 amide bonds. The van der Waals surface area contributed by atoms with E-state index in [1.165, 1.54) is 11.8 Å². The first kappa shape index (κ1) is 18.7. The fourth-order valence-corrected chi connectivity index (χ4v) is 3.87. The summed E-state index contributed by atoms with van der Waals surface area (Å²) in [7, 11) is 0. The van der Waals surface area contributed by atoms with Crippen molar-refractivity contribution in [3.05, 3.63) is 65.5 Å². The maximum atomic E-state index is 12.5. The first-order chi connectivity index (χ1) is 13.7. The number of benzene rings is 2. The summed E-state index contributed by atoms with van der Waals surface area (Å²) in [6.45, 7) is 4.12. The van der Waals surface area contributed by atoms with Crippen molar-refractivity contribution in [1.29, 1.82) is 0 Å². The Morgan fingerprint density at radius 1 is 1.18 bits per heavy atom. The lowest BCUT2D eigenvalue weighted by Gasteiger charge is -2.12. The van der Waals surface area contributed by atoms with Crippen LogP contribution in [0.15, 0.2) is 53.7 Å². The van der Waals surface area contributed by atoms with Crippen LogP contribution in [0.2, 0.25) is 0 Å². The number of para-hydroxylation sites is 2. The zero-order valence-electron chi connectivity index (χ0n) is 16.2. The van der Waals surface area contributed by atoms with E-state index in [1.54, 1.807) is 0 Å². The molecule has 1 fully saturated rings. The average molecular weight is 393 g/mol. The Hall–Kier alpha value is -2.60. The molecular weight excluding hydrogens is 368 g/mol. The zero-order chi connectivity index (χ0) is 19.5. The molecule has 0 bridgehead atoms. The van der Waals surface area contributed by atoms with Gasteiger partial charge in [0.25, 0.3) is 0 Å². The number of amides is 1. The van der Waals surface area contributed by atoms with Crippen molar-refractivity contribution in [3.63, 3.8) is 0 Å². The van der Waals surface area contributed by atoms with Crippen molar-refractivity contribution in [2.24, 2.45) is 0 Å². The highest BCUT2D eigenvalue weighted by Crippen LogP contribution is 2.40. The van der Waals surface area contributed by atoms with Crippen molar-refractivity contribution in [3.8, 4) is 5.69 Å². The number of hydrogen-bond donors (Lipinski definition) is 1. The highest BCUT2D eigenvalue weighted by molar-refractivity contribution is 7.99. The van der Waals surface area contributed by atoms with Gasteiger partial charge in [0.1, 0.15) is 5.82 Å². The zero-order valence-corrected chi connectivity index (χ0v) is 17.0. The molecular formula is C22H24N4OS. The van der Waals surface area contributed by atoms with Gasteiger partial charge < -0.3 is 5.32 Å². The van der Waals surface area contributed by atoms with Gasteiger partial charge >= 0.3 is 0 Å². The number of hydrogen-bond acceptors (Lipinski definition) is 4. The van der Waals surface area contributed by atoms with Crippen LogP contribution >= 0.6 is 11.8 Å². The number of carbonyl (C=O) groups is 1. The molecule has 6 heteroatoms. The maximum absolute atomic E-state index is 12.5. The van der Waals surface area contributed by atoms with E-state index in [4.69, 9.17) is 4.98 Å². The Bertz CT molecular complexity index is 979. The quantitative estimate of drug-likeness (QED) is 0.590. The normalized spacial score (nSPS) is 13.5. The Morgan fingerprint density at radius 2 is 1.96 bits per heavy atom. The maximum Gasteiger partial charge on any atom is 0.234 e. The van der Waals surface area contributed by atoms with E-state index in [0.29, 0.717) is 16.8 Å². The molecule has 1 aliphatic carbocycles. The summed E-state index contributed by atoms with van der Waals surface area (Å²) in [6.07, 6.45) is 3.20. The second-order valence-corrected chi connectivity index (χ2v) is 8.02. The van der Waals surface area contributed by atoms with Gasteiger partial charge in [-0.05, 0) is 49.4 Å². The molecule has 28 heavy (non-hydrogen) atoms. The van der Waals surface area contributed by atoms with Crippen molar-refractivity contribution >= 4 is 23.4 Å². The van der Waals surface area contributed by atoms with Crippen LogP contribution in [0.1, 0.15) is 42.6 Å². The standard InChI is InChI=1S/C22H24N4OS/c1-3-16-9-7-8-15(2)20(16)23-19(27)14-28-22-24-21(17-12-13-17)26(25-22)18-10-5-4-6-11-18/h4-11,17H,3,12-14H2,1-2H3,(H,23,27). The number of carbonyl (C=O) groups excluding carboxylic acids is 1. The Kier molecular flexibility index (Phi) is 5.48. The fraction of sp³-hybridized carbons (Fsp3) is 0.318. The largest absolute Gasteiger partial charge is 0.325 e. The van der Waals surface area contributed by atoms with Crippen LogP contribution in [0.5, 0.6) is 0 Å². The van der Waals surface area contributed by atoms with Gasteiger partial charge in [0.2, 0.25) is 11.1 Å². The van der Waals surface area contributed by atoms with Crippen molar-refractivity contribution < 1.29 is 4.79 Å². The minimum absolute atomic E-state index is 0.0296. The van der Waals surface area contributed by atoms with E-state index in [0.717, 1.165) is 47.6 Å². The van der Waals surface area contributed by atoms with Crippen LogP contribution in [0.3, 0.4) is 0 Å². The molecule has 1 aromatic heterocycles. The van der Waals surface area contributed by atoms with Crippen LogP contribution in [-0.4, -0.2) is 26.4 Å². The summed E-state index contributed by atoms with van der Waals surface area (Å²) in [5.74, 6) is 1.75. The van der Waals surface area contributed by atoms with Crippen LogP contribution in [0, 0.1) is 6.92 Å². The predicted molar refractivity (Wildman–Crippen MR) is 113 cm³/mol. The van der Waals surface area contributed by atoms with E-state index in [1.807, 2.05) is 54.1 Å². The van der Waals surface area contributed by atoms with Gasteiger partial charge in [-0.25, -0.2) is 9.67 Å². The van der Waals surface area contributed by atoms with Crippen LogP contribution < -0.4 is 5.32 Å². The Labute approximate surface area is 169 Å². The third-order valence-electron chi connectivity index (χ3n) is 4.89. The van der Waals surface area contributed by atoms with Gasteiger partial charge in [0.15, 0.2) is 0 Å². The van der Waals surface area contributed by atoms with Crippen LogP contribution in [-0.2, 0) is 11.2 Å². The molecule has 1 aliphatic rings. The summed E-state index contributed by atoms with van der Waals surface area (Å²) >= 11 is 1.39. The van der Waals surface area contributed by atoms with Gasteiger partial charge in [-0.3, -0.25) is 4.79 Å². The van der Waals surface area contributed by atoms with E-state index >= 15 is 0 Å². The number of nitrogens with zero attached hydrogens (tertiary/aromatic N) is 3. The van der Waals surface area contributed by atoms with Gasteiger partial charge in [0, 0.05) is 11.6 Å². The van der Waals surface area contributed by atoms with Crippen molar-refractivity contribution in [2.75, 3.05) is 11.1 Å². The Balaban J connectivity index is 1.46. The molecule has 0 unspecified atom stereocenters. The molecule has 0 radical (unpaired) electrons. The number of aryl methyl sites for hydroxylation is 2. The summed E-state index contributed by atoms with van der Waals surface area (Å²) in [5.41, 5.74) is 4.18. The molecule has 1 heterocycles. The van der Waals surface area contributed by atoms with Gasteiger partial charge in [-0.15, -0.1) is 5.10 Å². The first-order valence-electron chi connectivity index (χ1n) is 9.69. The first-order valence-corrected chi connectivity index (χ1v) is 10.7. The van der Waals surface area contributed by atoms with E-state index < -0.39 is 0 Å². The molecule has 144 valence electrons. The molecule has 0 aliphatic heterocycles. The number of anilines is 1. The van der Waals surface area contributed by atoms with Crippen molar-refractivity contribution in [2.45, 2.75) is 44.2 Å². The molecule has 0 spiro atoms. The third kappa shape index (κ3) is 4.12. The third-order valence-corrected chi connectivity index (χ3v) is 5.73. The smallest absolute Gasteiger partial charge is 0.234 e. The van der Waals surface area contributed by atoms with Crippen LogP contribution in [0.25, 0.3) is 5.69 Å². The number of thioether (sulfide) groups is 1. The average Bonchev–Trinajstić information content (AvgIpc) is 3.48. The summed E-state index contributed by atoms with van der Waals surface area (Å²) in [6, 6.07) is 16.2. The summed E-state index contributed by atoms with van der Waals surface area (Å²) in [5, 5.41) is 8.38. The van der Waals surface area contributed by atoms with Gasteiger partial charge in [-0.2, -0.15) is 0 Å². The molecule has 5 nitrogen and oxygen atoms in total. The molecule has 4 rings (SSSR count). The Morgan fingerprint density at radius 3 is 2.68 bits per heavy atom. The number of aromatic nitrogens is 3. The SMILES string of the molecule is CCc1cccc(C)c1NC(=O)CSc1nc(C2CC2)n(-c2ccccc2)n1. The van der Waals surface area contributed by atoms with Gasteiger partial charge in [-0.1, -0.05) is 55.1 Å². The van der Waals surface area contributed by atoms with Crippen LogP contribution in [0.4, 0.5) is 5.69 Å². The lowest BCUT2D eigenvalue weighted by atomic mass is 10.1. The van der Waals surface area contributed by atoms with E-state index in [2.05, 4.69) is 23.4 Å². The lowest BCUT2D eigenvalue weighted by molar-refractivity contribution is -0.113. The van der Waals surface area contributed by atoms with E-state index in [-0.39, 0.29) is 5.91 Å². The monoisotopic (exact) mass is 392 g/mol. The molecule has 3 aromatic rings. The fourth-order valence-electron chi connectivity index (χ4n) is 3.24. The minimum atomic E-state index is -0.0296. The lowest BCUT2D eigenvalue weighted by Crippen LogP contribution is -2.16. The molecule has 2 aromatic carbocycles. The summed E-state index contributed by atoms with van der Waals surface area (Å²) < 4.78 is 1.93. The number of rotatable bonds is 7. The second kappa shape index (κ2) is 8.19. The summed E-state index contributed by atoms with van der Waals surface area (Å²) in [4.78, 5) is 17.2. The molecule has 1 saturated carbocycles. The van der Waals surface area contributed by atoms with Crippen molar-refractivity contribution in [1.82, 2.24) is 14.8 Å². The topological polar surface area (TPSA) is 59.8 Å². The van der Waals surface area contributed by atoms with Gasteiger partial charge in [0.05, 0.1) is 11.4 Å². The number of nitrogens with one attached hydrogen (secondary N) is 1. The highest BCUT2D eigenvalue weighted by Gasteiger charge is 2.30. The minimum Gasteiger partial charge on any atom is -0.325 e. The predicted octanol–water partition coefficient (Wildman–Crippen LogP) is 4.75. The molecule has 0 saturated heterocycles. The molecule has 1 N–H and O–H groups in total. The highest BCUT2D eigenvalue weighted by atomic mass is 32.2. The molecule has 0 atom stereocenters. The second-order valence-electron chi connectivity index (χ2n) is 7.07.